The van der Waals surface area contributed by atoms with Crippen LogP contribution in [0.5, 0.6) is 0 Å². The van der Waals surface area contributed by atoms with E-state index < -0.39 is 5.97 Å². The van der Waals surface area contributed by atoms with Gasteiger partial charge in [0, 0.05) is 10.2 Å². The average molecular weight is 310 g/mol. The Morgan fingerprint density at radius 1 is 1.39 bits per heavy atom. The third-order valence-corrected chi connectivity index (χ3v) is 3.14. The number of hydrogen-bond donors (Lipinski definition) is 2. The fourth-order valence-electron chi connectivity index (χ4n) is 1.54. The Bertz CT molecular complexity index is 577. The van der Waals surface area contributed by atoms with Crippen molar-refractivity contribution in [1.29, 1.82) is 0 Å². The summed E-state index contributed by atoms with van der Waals surface area (Å²) < 4.78 is 6.12. The maximum absolute atomic E-state index is 10.7. The molecule has 4 nitrogen and oxygen atoms in total. The monoisotopic (exact) mass is 309 g/mol. The first-order valence-corrected chi connectivity index (χ1v) is 6.17. The van der Waals surface area contributed by atoms with E-state index in [1.165, 1.54) is 6.07 Å². The molecular weight excluding hydrogens is 298 g/mol. The molecule has 2 rings (SSSR count). The number of rotatable bonds is 4. The van der Waals surface area contributed by atoms with Crippen molar-refractivity contribution in [3.63, 3.8) is 0 Å². The van der Waals surface area contributed by atoms with Gasteiger partial charge in [0.1, 0.15) is 5.76 Å². The van der Waals surface area contributed by atoms with Crippen molar-refractivity contribution in [2.24, 2.45) is 0 Å². The summed E-state index contributed by atoms with van der Waals surface area (Å²) in [6.45, 7) is 2.45. The first-order valence-electron chi connectivity index (χ1n) is 5.38. The second-order valence-electron chi connectivity index (χ2n) is 3.91. The molecule has 94 valence electrons. The van der Waals surface area contributed by atoms with E-state index in [0.717, 1.165) is 15.7 Å². The van der Waals surface area contributed by atoms with E-state index in [4.69, 9.17) is 9.52 Å². The second kappa shape index (κ2) is 5.27. The van der Waals surface area contributed by atoms with Crippen molar-refractivity contribution >= 4 is 27.6 Å². The van der Waals surface area contributed by atoms with Gasteiger partial charge in [0.2, 0.25) is 5.76 Å². The number of aryl methyl sites for hydroxylation is 1. The molecular formula is C13H12BrNO3. The minimum atomic E-state index is -1.06. The first-order chi connectivity index (χ1) is 8.56. The number of benzene rings is 1. The zero-order valence-corrected chi connectivity index (χ0v) is 11.3. The van der Waals surface area contributed by atoms with Crippen LogP contribution in [-0.2, 0) is 6.54 Å². The molecule has 18 heavy (non-hydrogen) atoms. The van der Waals surface area contributed by atoms with E-state index in [9.17, 15) is 4.79 Å². The fourth-order valence-corrected chi connectivity index (χ4v) is 1.93. The van der Waals surface area contributed by atoms with E-state index >= 15 is 0 Å². The number of carboxylic acid groups (broad SMARTS) is 1. The average Bonchev–Trinajstić information content (AvgIpc) is 2.79. The zero-order chi connectivity index (χ0) is 13.1. The lowest BCUT2D eigenvalue weighted by Gasteiger charge is -2.07. The normalized spacial score (nSPS) is 10.3. The SMILES string of the molecule is Cc1ccc(Br)c(NCc2ccc(C(=O)O)o2)c1. The number of anilines is 1. The lowest BCUT2D eigenvalue weighted by atomic mass is 10.2. The highest BCUT2D eigenvalue weighted by atomic mass is 79.9. The molecule has 0 saturated carbocycles. The highest BCUT2D eigenvalue weighted by Gasteiger charge is 2.09. The summed E-state index contributed by atoms with van der Waals surface area (Å²) in [7, 11) is 0. The van der Waals surface area contributed by atoms with Crippen LogP contribution in [0.1, 0.15) is 21.9 Å². The molecule has 1 aromatic carbocycles. The van der Waals surface area contributed by atoms with Gasteiger partial charge in [-0.05, 0) is 52.7 Å². The van der Waals surface area contributed by atoms with Crippen molar-refractivity contribution < 1.29 is 14.3 Å². The summed E-state index contributed by atoms with van der Waals surface area (Å²) >= 11 is 3.45. The third-order valence-electron chi connectivity index (χ3n) is 2.45. The van der Waals surface area contributed by atoms with Crippen molar-refractivity contribution in [3.05, 3.63) is 51.9 Å². The molecule has 0 amide bonds. The van der Waals surface area contributed by atoms with Crippen LogP contribution >= 0.6 is 15.9 Å². The minimum absolute atomic E-state index is 0.0462. The van der Waals surface area contributed by atoms with Gasteiger partial charge in [0.05, 0.1) is 6.54 Å². The maximum Gasteiger partial charge on any atom is 0.371 e. The van der Waals surface area contributed by atoms with Crippen LogP contribution in [0.3, 0.4) is 0 Å². The Hall–Kier alpha value is -1.75. The van der Waals surface area contributed by atoms with Gasteiger partial charge in [-0.1, -0.05) is 6.07 Å². The van der Waals surface area contributed by atoms with Gasteiger partial charge in [0.25, 0.3) is 0 Å². The number of aromatic carboxylic acids is 1. The lowest BCUT2D eigenvalue weighted by Crippen LogP contribution is -1.99. The number of furan rings is 1. The number of halogens is 1. The van der Waals surface area contributed by atoms with Crippen LogP contribution in [0.25, 0.3) is 0 Å². The Kier molecular flexibility index (Phi) is 3.72. The van der Waals surface area contributed by atoms with Crippen LogP contribution in [0.2, 0.25) is 0 Å². The van der Waals surface area contributed by atoms with Crippen molar-refractivity contribution in [3.8, 4) is 0 Å². The Morgan fingerprint density at radius 2 is 2.17 bits per heavy atom. The molecule has 0 bridgehead atoms. The van der Waals surface area contributed by atoms with E-state index in [1.54, 1.807) is 6.07 Å². The van der Waals surface area contributed by atoms with E-state index in [-0.39, 0.29) is 5.76 Å². The lowest BCUT2D eigenvalue weighted by molar-refractivity contribution is 0.0660. The molecule has 1 heterocycles. The van der Waals surface area contributed by atoms with E-state index in [0.29, 0.717) is 12.3 Å². The van der Waals surface area contributed by atoms with Crippen LogP contribution in [-0.4, -0.2) is 11.1 Å². The van der Waals surface area contributed by atoms with E-state index in [2.05, 4.69) is 21.2 Å². The molecule has 0 unspecified atom stereocenters. The molecule has 2 aromatic rings. The molecule has 0 aliphatic rings. The van der Waals surface area contributed by atoms with Crippen molar-refractivity contribution in [2.45, 2.75) is 13.5 Å². The standard InChI is InChI=1S/C13H12BrNO3/c1-8-2-4-10(14)11(6-8)15-7-9-3-5-12(18-9)13(16)17/h2-6,15H,7H2,1H3,(H,16,17). The van der Waals surface area contributed by atoms with Crippen molar-refractivity contribution in [1.82, 2.24) is 0 Å². The predicted octanol–water partition coefficient (Wildman–Crippen LogP) is 3.66. The van der Waals surface area contributed by atoms with Crippen LogP contribution in [0, 0.1) is 6.92 Å². The molecule has 0 atom stereocenters. The fraction of sp³-hybridized carbons (Fsp3) is 0.154. The van der Waals surface area contributed by atoms with Gasteiger partial charge in [-0.3, -0.25) is 0 Å². The Balaban J connectivity index is 2.06. The summed E-state index contributed by atoms with van der Waals surface area (Å²) in [6.07, 6.45) is 0. The number of hydrogen-bond acceptors (Lipinski definition) is 3. The zero-order valence-electron chi connectivity index (χ0n) is 9.74. The Morgan fingerprint density at radius 3 is 2.83 bits per heavy atom. The summed E-state index contributed by atoms with van der Waals surface area (Å²) in [5.74, 6) is -0.520. The molecule has 2 N–H and O–H groups in total. The Labute approximate surface area is 113 Å². The number of carboxylic acids is 1. The molecule has 0 saturated heterocycles. The smallest absolute Gasteiger partial charge is 0.371 e. The van der Waals surface area contributed by atoms with Crippen LogP contribution < -0.4 is 5.32 Å². The maximum atomic E-state index is 10.7. The minimum Gasteiger partial charge on any atom is -0.475 e. The summed E-state index contributed by atoms with van der Waals surface area (Å²) in [5, 5.41) is 11.9. The quantitative estimate of drug-likeness (QED) is 0.904. The van der Waals surface area contributed by atoms with Gasteiger partial charge in [-0.15, -0.1) is 0 Å². The van der Waals surface area contributed by atoms with Crippen LogP contribution in [0.15, 0.2) is 39.2 Å². The van der Waals surface area contributed by atoms with Crippen LogP contribution in [0.4, 0.5) is 5.69 Å². The van der Waals surface area contributed by atoms with Gasteiger partial charge in [0.15, 0.2) is 0 Å². The van der Waals surface area contributed by atoms with Gasteiger partial charge in [-0.2, -0.15) is 0 Å². The highest BCUT2D eigenvalue weighted by Crippen LogP contribution is 2.24. The first kappa shape index (κ1) is 12.7. The number of nitrogens with one attached hydrogen (secondary N) is 1. The van der Waals surface area contributed by atoms with Gasteiger partial charge < -0.3 is 14.8 Å². The van der Waals surface area contributed by atoms with Gasteiger partial charge >= 0.3 is 5.97 Å². The molecule has 0 spiro atoms. The topological polar surface area (TPSA) is 62.5 Å². The molecule has 0 radical (unpaired) electrons. The van der Waals surface area contributed by atoms with Gasteiger partial charge in [-0.25, -0.2) is 4.79 Å². The molecule has 0 aliphatic heterocycles. The molecule has 0 fully saturated rings. The second-order valence-corrected chi connectivity index (χ2v) is 4.76. The van der Waals surface area contributed by atoms with E-state index in [1.807, 2.05) is 25.1 Å². The summed E-state index contributed by atoms with van der Waals surface area (Å²) in [4.78, 5) is 10.7. The molecule has 0 aliphatic carbocycles. The third kappa shape index (κ3) is 2.92. The summed E-state index contributed by atoms with van der Waals surface area (Å²) in [6, 6.07) is 9.07. The number of carbonyl (C=O) groups is 1. The molecule has 5 heteroatoms. The highest BCUT2D eigenvalue weighted by molar-refractivity contribution is 9.10. The largest absolute Gasteiger partial charge is 0.475 e. The van der Waals surface area contributed by atoms with Crippen molar-refractivity contribution in [2.75, 3.05) is 5.32 Å². The summed E-state index contributed by atoms with van der Waals surface area (Å²) in [5.41, 5.74) is 2.09. The molecule has 1 aromatic heterocycles. The predicted molar refractivity (Wildman–Crippen MR) is 71.9 cm³/mol.